The Morgan fingerprint density at radius 2 is 1.94 bits per heavy atom. The highest BCUT2D eigenvalue weighted by atomic mass is 16.5. The molecule has 3 aliphatic rings. The van der Waals surface area contributed by atoms with E-state index in [4.69, 9.17) is 9.47 Å². The van der Waals surface area contributed by atoms with E-state index in [1.807, 2.05) is 29.2 Å². The Balaban J connectivity index is 1.20. The van der Waals surface area contributed by atoms with Crippen molar-refractivity contribution in [2.24, 2.45) is 0 Å². The van der Waals surface area contributed by atoms with Gasteiger partial charge in [0.15, 0.2) is 5.78 Å². The number of aromatic nitrogens is 1. The van der Waals surface area contributed by atoms with Gasteiger partial charge in [0.05, 0.1) is 13.5 Å². The Morgan fingerprint density at radius 1 is 1.12 bits per heavy atom. The highest BCUT2D eigenvalue weighted by molar-refractivity contribution is 6.03. The first-order chi connectivity index (χ1) is 16.1. The zero-order valence-electron chi connectivity index (χ0n) is 18.9. The van der Waals surface area contributed by atoms with E-state index in [0.29, 0.717) is 49.4 Å². The molecule has 0 radical (unpaired) electrons. The summed E-state index contributed by atoms with van der Waals surface area (Å²) in [7, 11) is 1.57. The monoisotopic (exact) mass is 444 g/mol. The van der Waals surface area contributed by atoms with Crippen molar-refractivity contribution in [3.63, 3.8) is 0 Å². The van der Waals surface area contributed by atoms with Gasteiger partial charge in [-0.2, -0.15) is 0 Å². The summed E-state index contributed by atoms with van der Waals surface area (Å²) in [4.78, 5) is 31.7. The Morgan fingerprint density at radius 3 is 2.76 bits per heavy atom. The summed E-state index contributed by atoms with van der Waals surface area (Å²) in [5.41, 5.74) is 4.56. The first-order valence-electron chi connectivity index (χ1n) is 11.9. The molecule has 6 heteroatoms. The van der Waals surface area contributed by atoms with Crippen molar-refractivity contribution in [2.45, 2.75) is 50.5 Å². The third-order valence-electron chi connectivity index (χ3n) is 7.60. The van der Waals surface area contributed by atoms with Crippen molar-refractivity contribution >= 4 is 22.6 Å². The molecule has 6 rings (SSSR count). The number of fused-ring (bicyclic) bond motifs is 4. The van der Waals surface area contributed by atoms with E-state index < -0.39 is 5.60 Å². The average molecular weight is 445 g/mol. The second-order valence-corrected chi connectivity index (χ2v) is 9.56. The fourth-order valence-corrected chi connectivity index (χ4v) is 5.81. The number of methoxy groups -OCH3 is 1. The third-order valence-corrected chi connectivity index (χ3v) is 7.60. The van der Waals surface area contributed by atoms with Crippen LogP contribution in [0.15, 0.2) is 36.4 Å². The Bertz CT molecular complexity index is 1270. The highest BCUT2D eigenvalue weighted by Gasteiger charge is 2.44. The first kappa shape index (κ1) is 20.3. The van der Waals surface area contributed by atoms with Gasteiger partial charge in [-0.25, -0.2) is 0 Å². The van der Waals surface area contributed by atoms with E-state index >= 15 is 0 Å². The summed E-state index contributed by atoms with van der Waals surface area (Å²) in [5, 5.41) is 1.19. The molecule has 1 amide bonds. The number of aromatic amines is 1. The lowest BCUT2D eigenvalue weighted by molar-refractivity contribution is -0.00598. The minimum Gasteiger partial charge on any atom is -0.496 e. The topological polar surface area (TPSA) is 71.6 Å². The molecule has 1 aromatic heterocycles. The molecule has 2 aliphatic heterocycles. The first-order valence-corrected chi connectivity index (χ1v) is 11.9. The van der Waals surface area contributed by atoms with E-state index in [1.165, 1.54) is 29.5 Å². The largest absolute Gasteiger partial charge is 0.496 e. The van der Waals surface area contributed by atoms with Crippen LogP contribution in [-0.2, 0) is 12.8 Å². The van der Waals surface area contributed by atoms with Crippen LogP contribution in [0.1, 0.15) is 64.1 Å². The molecule has 3 aromatic rings. The molecule has 1 aliphatic carbocycles. The molecule has 0 unspecified atom stereocenters. The second kappa shape index (κ2) is 7.65. The van der Waals surface area contributed by atoms with Crippen molar-refractivity contribution in [2.75, 3.05) is 20.2 Å². The van der Waals surface area contributed by atoms with E-state index in [1.54, 1.807) is 13.2 Å². The maximum Gasteiger partial charge on any atom is 0.253 e. The Kier molecular flexibility index (Phi) is 4.71. The number of hydrogen-bond donors (Lipinski definition) is 1. The van der Waals surface area contributed by atoms with Crippen LogP contribution in [0, 0.1) is 0 Å². The number of Topliss-reactive ketones (excluding diaryl/α,β-unsaturated/α-hetero) is 1. The molecule has 6 nitrogen and oxygen atoms in total. The van der Waals surface area contributed by atoms with Crippen LogP contribution >= 0.6 is 0 Å². The van der Waals surface area contributed by atoms with Crippen molar-refractivity contribution < 1.29 is 19.1 Å². The molecular weight excluding hydrogens is 416 g/mol. The molecule has 0 saturated carbocycles. The lowest BCUT2D eigenvalue weighted by Gasteiger charge is -2.44. The molecule has 1 saturated heterocycles. The van der Waals surface area contributed by atoms with Crippen LogP contribution < -0.4 is 9.47 Å². The van der Waals surface area contributed by atoms with Gasteiger partial charge in [0, 0.05) is 48.1 Å². The summed E-state index contributed by atoms with van der Waals surface area (Å²) in [5.74, 6) is 1.26. The number of rotatable bonds is 2. The predicted octanol–water partition coefficient (Wildman–Crippen LogP) is 4.70. The van der Waals surface area contributed by atoms with Crippen molar-refractivity contribution in [1.29, 1.82) is 0 Å². The molecule has 1 spiro atoms. The molecule has 1 N–H and O–H groups in total. The average Bonchev–Trinajstić information content (AvgIpc) is 3.21. The van der Waals surface area contributed by atoms with Gasteiger partial charge in [-0.3, -0.25) is 9.59 Å². The molecule has 0 atom stereocenters. The number of nitrogens with zero attached hydrogens (tertiary/aromatic N) is 1. The standard InChI is InChI=1S/C27H28N2O4/c1-32-23-7-4-8-24-25(23)22(30)16-27(33-24)11-13-29(14-12-27)26(31)17-9-10-21-19(15-17)18-5-2-3-6-20(18)28-21/h4,7-10,15,28H,2-3,5-6,11-14,16H2,1H3. The number of carbonyl (C=O) groups excluding carboxylic acids is 2. The second-order valence-electron chi connectivity index (χ2n) is 9.56. The molecule has 1 fully saturated rings. The quantitative estimate of drug-likeness (QED) is 0.622. The zero-order chi connectivity index (χ0) is 22.6. The Labute approximate surface area is 192 Å². The van der Waals surface area contributed by atoms with E-state index in [-0.39, 0.29) is 11.7 Å². The number of ketones is 1. The number of amides is 1. The fourth-order valence-electron chi connectivity index (χ4n) is 5.81. The summed E-state index contributed by atoms with van der Waals surface area (Å²) >= 11 is 0. The summed E-state index contributed by atoms with van der Waals surface area (Å²) in [6.07, 6.45) is 6.21. The summed E-state index contributed by atoms with van der Waals surface area (Å²) < 4.78 is 11.7. The zero-order valence-corrected chi connectivity index (χ0v) is 18.9. The summed E-state index contributed by atoms with van der Waals surface area (Å²) in [6, 6.07) is 11.5. The lowest BCUT2D eigenvalue weighted by Crippen LogP contribution is -2.52. The van der Waals surface area contributed by atoms with Crippen LogP contribution in [0.4, 0.5) is 0 Å². The molecule has 3 heterocycles. The number of carbonyl (C=O) groups is 2. The maximum absolute atomic E-state index is 13.3. The van der Waals surface area contributed by atoms with Crippen LogP contribution in [0.5, 0.6) is 11.5 Å². The van der Waals surface area contributed by atoms with Crippen molar-refractivity contribution in [3.05, 3.63) is 58.8 Å². The van der Waals surface area contributed by atoms with Gasteiger partial charge < -0.3 is 19.4 Å². The number of nitrogens with one attached hydrogen (secondary N) is 1. The lowest BCUT2D eigenvalue weighted by atomic mass is 9.82. The van der Waals surface area contributed by atoms with Gasteiger partial charge in [0.1, 0.15) is 22.7 Å². The van der Waals surface area contributed by atoms with Crippen LogP contribution in [-0.4, -0.2) is 47.4 Å². The van der Waals surface area contributed by atoms with E-state index in [9.17, 15) is 9.59 Å². The number of hydrogen-bond acceptors (Lipinski definition) is 4. The van der Waals surface area contributed by atoms with Gasteiger partial charge in [-0.1, -0.05) is 6.07 Å². The molecule has 0 bridgehead atoms. The number of ether oxygens (including phenoxy) is 2. The Hall–Kier alpha value is -3.28. The molecular formula is C27H28N2O4. The minimum absolute atomic E-state index is 0.0520. The summed E-state index contributed by atoms with van der Waals surface area (Å²) in [6.45, 7) is 1.16. The van der Waals surface area contributed by atoms with Crippen LogP contribution in [0.3, 0.4) is 0 Å². The smallest absolute Gasteiger partial charge is 0.253 e. The number of H-pyrrole nitrogens is 1. The third kappa shape index (κ3) is 3.31. The highest BCUT2D eigenvalue weighted by Crippen LogP contribution is 2.42. The van der Waals surface area contributed by atoms with Gasteiger partial charge >= 0.3 is 0 Å². The fraction of sp³-hybridized carbons (Fsp3) is 0.407. The van der Waals surface area contributed by atoms with Crippen molar-refractivity contribution in [3.8, 4) is 11.5 Å². The van der Waals surface area contributed by atoms with Gasteiger partial charge in [-0.15, -0.1) is 0 Å². The molecule has 33 heavy (non-hydrogen) atoms. The molecule has 2 aromatic carbocycles. The van der Waals surface area contributed by atoms with E-state index in [0.717, 1.165) is 23.9 Å². The van der Waals surface area contributed by atoms with Gasteiger partial charge in [0.2, 0.25) is 0 Å². The predicted molar refractivity (Wildman–Crippen MR) is 125 cm³/mol. The SMILES string of the molecule is COc1cccc2c1C(=O)CC1(CCN(C(=O)c3ccc4[nH]c5c(c4c3)CCCC5)CC1)O2. The number of aryl methyl sites for hydroxylation is 2. The number of piperidine rings is 1. The number of benzene rings is 2. The minimum atomic E-state index is -0.545. The van der Waals surface area contributed by atoms with Crippen molar-refractivity contribution in [1.82, 2.24) is 9.88 Å². The van der Waals surface area contributed by atoms with Gasteiger partial charge in [0.25, 0.3) is 5.91 Å². The van der Waals surface area contributed by atoms with Crippen LogP contribution in [0.25, 0.3) is 10.9 Å². The maximum atomic E-state index is 13.3. The van der Waals surface area contributed by atoms with Crippen LogP contribution in [0.2, 0.25) is 0 Å². The van der Waals surface area contributed by atoms with E-state index in [2.05, 4.69) is 11.1 Å². The van der Waals surface area contributed by atoms with Gasteiger partial charge in [-0.05, 0) is 61.6 Å². The number of likely N-dealkylation sites (tertiary alicyclic amines) is 1. The molecule has 170 valence electrons. The normalized spacial score (nSPS) is 19.2.